The largest absolute Gasteiger partial charge is 0.486 e. The molecule has 0 unspecified atom stereocenters. The molecule has 1 aromatic carbocycles. The summed E-state index contributed by atoms with van der Waals surface area (Å²) < 4.78 is 13.2. The standard InChI is InChI=1S/C21H25N3O3S/c1-2-10-24-20(15-6-4-3-5-7-15)22-23-21(24)28-14-17(25)16-8-9-18-19(13-16)27-12-11-26-18/h2,8-9,13,15H,1,3-7,10-12,14H2. The van der Waals surface area contributed by atoms with Crippen molar-refractivity contribution in [3.8, 4) is 11.5 Å². The van der Waals surface area contributed by atoms with Gasteiger partial charge in [0, 0.05) is 18.0 Å². The zero-order valence-electron chi connectivity index (χ0n) is 15.9. The van der Waals surface area contributed by atoms with Crippen LogP contribution in [-0.4, -0.2) is 39.5 Å². The highest BCUT2D eigenvalue weighted by molar-refractivity contribution is 7.99. The minimum Gasteiger partial charge on any atom is -0.486 e. The van der Waals surface area contributed by atoms with Crippen LogP contribution in [0.1, 0.15) is 54.2 Å². The number of carbonyl (C=O) groups excluding carboxylic acids is 1. The molecule has 6 nitrogen and oxygen atoms in total. The van der Waals surface area contributed by atoms with Crippen LogP contribution in [0.25, 0.3) is 0 Å². The van der Waals surface area contributed by atoms with Crippen molar-refractivity contribution in [1.29, 1.82) is 0 Å². The van der Waals surface area contributed by atoms with E-state index in [1.807, 2.05) is 6.08 Å². The van der Waals surface area contributed by atoms with Crippen LogP contribution in [0.5, 0.6) is 11.5 Å². The molecule has 2 aromatic rings. The molecule has 2 heterocycles. The number of fused-ring (bicyclic) bond motifs is 1. The molecule has 0 atom stereocenters. The van der Waals surface area contributed by atoms with Crippen molar-refractivity contribution >= 4 is 17.5 Å². The molecule has 28 heavy (non-hydrogen) atoms. The van der Waals surface area contributed by atoms with Gasteiger partial charge in [-0.15, -0.1) is 16.8 Å². The number of rotatable bonds is 7. The van der Waals surface area contributed by atoms with Crippen LogP contribution in [0.4, 0.5) is 0 Å². The van der Waals surface area contributed by atoms with Crippen LogP contribution in [0.2, 0.25) is 0 Å². The van der Waals surface area contributed by atoms with E-state index in [0.717, 1.165) is 23.8 Å². The van der Waals surface area contributed by atoms with E-state index >= 15 is 0 Å². The lowest BCUT2D eigenvalue weighted by molar-refractivity contribution is 0.102. The van der Waals surface area contributed by atoms with Crippen LogP contribution in [-0.2, 0) is 6.54 Å². The van der Waals surface area contributed by atoms with Gasteiger partial charge in [-0.1, -0.05) is 37.1 Å². The number of carbonyl (C=O) groups is 1. The summed E-state index contributed by atoms with van der Waals surface area (Å²) in [5.41, 5.74) is 0.624. The normalized spacial score (nSPS) is 16.7. The van der Waals surface area contributed by atoms with Crippen molar-refractivity contribution in [1.82, 2.24) is 14.8 Å². The van der Waals surface area contributed by atoms with Gasteiger partial charge in [-0.2, -0.15) is 0 Å². The van der Waals surface area contributed by atoms with E-state index in [1.54, 1.807) is 18.2 Å². The topological polar surface area (TPSA) is 66.2 Å². The van der Waals surface area contributed by atoms with E-state index in [-0.39, 0.29) is 5.78 Å². The molecule has 1 fully saturated rings. The summed E-state index contributed by atoms with van der Waals surface area (Å²) in [5, 5.41) is 9.62. The minimum absolute atomic E-state index is 0.0364. The number of ketones is 1. The molecule has 0 amide bonds. The molecule has 0 spiro atoms. The monoisotopic (exact) mass is 399 g/mol. The Morgan fingerprint density at radius 3 is 2.75 bits per heavy atom. The van der Waals surface area contributed by atoms with Gasteiger partial charge in [-0.3, -0.25) is 4.79 Å². The van der Waals surface area contributed by atoms with Crippen LogP contribution in [0.15, 0.2) is 36.0 Å². The number of Topliss-reactive ketones (excluding diaryl/α,β-unsaturated/α-hetero) is 1. The number of benzene rings is 1. The molecule has 1 aliphatic carbocycles. The van der Waals surface area contributed by atoms with Gasteiger partial charge in [0.25, 0.3) is 0 Å². The number of thioether (sulfide) groups is 1. The summed E-state index contributed by atoms with van der Waals surface area (Å²) >= 11 is 1.43. The molecule has 1 saturated carbocycles. The molecule has 0 saturated heterocycles. The van der Waals surface area contributed by atoms with Crippen molar-refractivity contribution in [2.45, 2.75) is 49.7 Å². The molecule has 148 valence electrons. The van der Waals surface area contributed by atoms with Gasteiger partial charge < -0.3 is 14.0 Å². The summed E-state index contributed by atoms with van der Waals surface area (Å²) in [6, 6.07) is 5.35. The average Bonchev–Trinajstić information content (AvgIpc) is 3.15. The number of allylic oxidation sites excluding steroid dienone is 1. The van der Waals surface area contributed by atoms with Crippen molar-refractivity contribution in [2.24, 2.45) is 0 Å². The SMILES string of the molecule is C=CCn1c(SCC(=O)c2ccc3c(c2)OCCO3)nnc1C1CCCCC1. The maximum Gasteiger partial charge on any atom is 0.191 e. The third-order valence-corrected chi connectivity index (χ3v) is 6.19. The second-order valence-electron chi connectivity index (χ2n) is 7.15. The predicted octanol–water partition coefficient (Wildman–Crippen LogP) is 4.26. The Balaban J connectivity index is 1.46. The average molecular weight is 400 g/mol. The smallest absolute Gasteiger partial charge is 0.191 e. The van der Waals surface area contributed by atoms with Crippen LogP contribution < -0.4 is 9.47 Å². The van der Waals surface area contributed by atoms with Gasteiger partial charge in [0.05, 0.1) is 5.75 Å². The fourth-order valence-electron chi connectivity index (χ4n) is 3.80. The molecule has 1 aromatic heterocycles. The number of ether oxygens (including phenoxy) is 2. The van der Waals surface area contributed by atoms with Crippen molar-refractivity contribution in [3.05, 3.63) is 42.2 Å². The summed E-state index contributed by atoms with van der Waals surface area (Å²) in [6.07, 6.45) is 7.99. The highest BCUT2D eigenvalue weighted by atomic mass is 32.2. The Morgan fingerprint density at radius 1 is 1.18 bits per heavy atom. The zero-order valence-corrected chi connectivity index (χ0v) is 16.7. The second kappa shape index (κ2) is 8.82. The maximum absolute atomic E-state index is 12.7. The quantitative estimate of drug-likeness (QED) is 0.394. The second-order valence-corrected chi connectivity index (χ2v) is 8.09. The van der Waals surface area contributed by atoms with Crippen LogP contribution in [0, 0.1) is 0 Å². The first-order chi connectivity index (χ1) is 13.8. The number of hydrogen-bond donors (Lipinski definition) is 0. The Morgan fingerprint density at radius 2 is 1.96 bits per heavy atom. The highest BCUT2D eigenvalue weighted by Gasteiger charge is 2.23. The molecule has 0 radical (unpaired) electrons. The Labute approximate surface area is 169 Å². The van der Waals surface area contributed by atoms with E-state index in [4.69, 9.17) is 9.47 Å². The lowest BCUT2D eigenvalue weighted by Gasteiger charge is -2.21. The van der Waals surface area contributed by atoms with Crippen LogP contribution in [0.3, 0.4) is 0 Å². The summed E-state index contributed by atoms with van der Waals surface area (Å²) in [5.74, 6) is 3.17. The number of nitrogens with zero attached hydrogens (tertiary/aromatic N) is 3. The van der Waals surface area contributed by atoms with E-state index in [2.05, 4.69) is 21.3 Å². The lowest BCUT2D eigenvalue weighted by Crippen LogP contribution is -2.16. The van der Waals surface area contributed by atoms with E-state index in [1.165, 1.54) is 31.0 Å². The lowest BCUT2D eigenvalue weighted by atomic mass is 9.89. The zero-order chi connectivity index (χ0) is 19.3. The number of aromatic nitrogens is 3. The summed E-state index contributed by atoms with van der Waals surface area (Å²) in [7, 11) is 0. The molecule has 1 aliphatic heterocycles. The fourth-order valence-corrected chi connectivity index (χ4v) is 4.65. The van der Waals surface area contributed by atoms with Crippen LogP contribution >= 0.6 is 11.8 Å². The molecule has 7 heteroatoms. The molecule has 0 N–H and O–H groups in total. The third kappa shape index (κ3) is 4.09. The Bertz CT molecular complexity index is 859. The van der Waals surface area contributed by atoms with E-state index < -0.39 is 0 Å². The van der Waals surface area contributed by atoms with Gasteiger partial charge >= 0.3 is 0 Å². The minimum atomic E-state index is 0.0364. The first-order valence-corrected chi connectivity index (χ1v) is 10.8. The van der Waals surface area contributed by atoms with Crippen molar-refractivity contribution in [2.75, 3.05) is 19.0 Å². The summed E-state index contributed by atoms with van der Waals surface area (Å²) in [4.78, 5) is 12.7. The summed E-state index contributed by atoms with van der Waals surface area (Å²) in [6.45, 7) is 5.58. The maximum atomic E-state index is 12.7. The van der Waals surface area contributed by atoms with E-state index in [0.29, 0.717) is 48.5 Å². The molecule has 4 rings (SSSR count). The number of hydrogen-bond acceptors (Lipinski definition) is 6. The highest BCUT2D eigenvalue weighted by Crippen LogP contribution is 2.34. The van der Waals surface area contributed by atoms with Gasteiger partial charge in [-0.25, -0.2) is 0 Å². The first kappa shape index (κ1) is 19.1. The first-order valence-electron chi connectivity index (χ1n) is 9.86. The third-order valence-electron chi connectivity index (χ3n) is 5.22. The Kier molecular flexibility index (Phi) is 6.00. The van der Waals surface area contributed by atoms with Gasteiger partial charge in [-0.05, 0) is 31.0 Å². The van der Waals surface area contributed by atoms with Crippen molar-refractivity contribution in [3.63, 3.8) is 0 Å². The van der Waals surface area contributed by atoms with Gasteiger partial charge in [0.1, 0.15) is 19.0 Å². The molecule has 0 bridgehead atoms. The van der Waals surface area contributed by atoms with E-state index in [9.17, 15) is 4.79 Å². The Hall–Kier alpha value is -2.28. The van der Waals surface area contributed by atoms with Gasteiger partial charge in [0.15, 0.2) is 22.4 Å². The molecular formula is C21H25N3O3S. The van der Waals surface area contributed by atoms with Gasteiger partial charge in [0.2, 0.25) is 0 Å². The molecule has 2 aliphatic rings. The predicted molar refractivity (Wildman–Crippen MR) is 109 cm³/mol. The molecular weight excluding hydrogens is 374 g/mol. The fraction of sp³-hybridized carbons (Fsp3) is 0.476. The van der Waals surface area contributed by atoms with Crippen molar-refractivity contribution < 1.29 is 14.3 Å².